The van der Waals surface area contributed by atoms with Gasteiger partial charge in [-0.1, -0.05) is 32.0 Å². The molecule has 0 aliphatic heterocycles. The first-order valence-electron chi connectivity index (χ1n) is 6.74. The molecule has 0 aliphatic rings. The summed E-state index contributed by atoms with van der Waals surface area (Å²) in [4.78, 5) is 11.6. The van der Waals surface area contributed by atoms with Gasteiger partial charge in [0.05, 0.1) is 7.11 Å². The molecule has 4 heteroatoms. The fraction of sp³-hybridized carbons (Fsp3) is 0.533. The van der Waals surface area contributed by atoms with Crippen molar-refractivity contribution in [2.75, 3.05) is 20.3 Å². The number of nitrogens with one attached hydrogen (secondary N) is 1. The van der Waals surface area contributed by atoms with Gasteiger partial charge < -0.3 is 14.8 Å². The molecule has 0 spiro atoms. The molecule has 1 aromatic carbocycles. The Hall–Kier alpha value is -1.55. The predicted molar refractivity (Wildman–Crippen MR) is 75.4 cm³/mol. The van der Waals surface area contributed by atoms with Gasteiger partial charge in [0, 0.05) is 0 Å². The molecule has 0 saturated heterocycles. The van der Waals surface area contributed by atoms with Gasteiger partial charge in [0.25, 0.3) is 0 Å². The van der Waals surface area contributed by atoms with Crippen molar-refractivity contribution in [3.05, 3.63) is 29.8 Å². The van der Waals surface area contributed by atoms with E-state index in [1.54, 1.807) is 0 Å². The highest BCUT2D eigenvalue weighted by Gasteiger charge is 2.19. The highest BCUT2D eigenvalue weighted by molar-refractivity contribution is 5.75. The molecule has 1 atom stereocenters. The quantitative estimate of drug-likeness (QED) is 0.732. The molecule has 1 unspecified atom stereocenters. The number of hydrogen-bond donors (Lipinski definition) is 1. The number of benzene rings is 1. The molecule has 0 aliphatic carbocycles. The third-order valence-corrected chi connectivity index (χ3v) is 2.89. The van der Waals surface area contributed by atoms with Gasteiger partial charge in [-0.2, -0.15) is 0 Å². The molecule has 4 nitrogen and oxygen atoms in total. The van der Waals surface area contributed by atoms with Crippen LogP contribution in [0.1, 0.15) is 25.8 Å². The van der Waals surface area contributed by atoms with Crippen LogP contribution >= 0.6 is 0 Å². The Morgan fingerprint density at radius 3 is 2.68 bits per heavy atom. The van der Waals surface area contributed by atoms with Crippen molar-refractivity contribution < 1.29 is 14.3 Å². The average molecular weight is 265 g/mol. The number of hydrogen-bond acceptors (Lipinski definition) is 4. The summed E-state index contributed by atoms with van der Waals surface area (Å²) in [5.74, 6) is 0.541. The fourth-order valence-electron chi connectivity index (χ4n) is 1.78. The van der Waals surface area contributed by atoms with Crippen molar-refractivity contribution in [3.63, 3.8) is 0 Å². The fourth-order valence-corrected chi connectivity index (χ4v) is 1.78. The summed E-state index contributed by atoms with van der Waals surface area (Å²) in [6.45, 7) is 5.17. The Labute approximate surface area is 115 Å². The Balaban J connectivity index is 2.62. The third-order valence-electron chi connectivity index (χ3n) is 2.89. The lowest BCUT2D eigenvalue weighted by molar-refractivity contribution is -0.143. The second-order valence-corrected chi connectivity index (χ2v) is 4.30. The predicted octanol–water partition coefficient (Wildman–Crippen LogP) is 2.17. The maximum Gasteiger partial charge on any atom is 0.326 e. The molecule has 1 aromatic rings. The molecular formula is C15H23NO3. The number of rotatable bonds is 8. The molecule has 0 saturated carbocycles. The largest absolute Gasteiger partial charge is 0.491 e. The van der Waals surface area contributed by atoms with Gasteiger partial charge in [-0.3, -0.25) is 4.79 Å². The molecular weight excluding hydrogens is 242 g/mol. The molecule has 1 rings (SSSR count). The normalized spacial score (nSPS) is 11.9. The third kappa shape index (κ3) is 4.91. The van der Waals surface area contributed by atoms with Crippen molar-refractivity contribution in [3.8, 4) is 5.75 Å². The molecule has 0 bridgehead atoms. The van der Waals surface area contributed by atoms with E-state index in [1.807, 2.05) is 24.3 Å². The van der Waals surface area contributed by atoms with Gasteiger partial charge >= 0.3 is 5.97 Å². The number of esters is 1. The van der Waals surface area contributed by atoms with Gasteiger partial charge in [-0.05, 0) is 31.0 Å². The van der Waals surface area contributed by atoms with Crippen LogP contribution in [0.25, 0.3) is 0 Å². The monoisotopic (exact) mass is 265 g/mol. The SMILES string of the molecule is CCCNC(COc1ccccc1CC)C(=O)OC. The Bertz CT molecular complexity index is 393. The molecule has 0 radical (unpaired) electrons. The number of carbonyl (C=O) groups excluding carboxylic acids is 1. The van der Waals surface area contributed by atoms with E-state index in [1.165, 1.54) is 7.11 Å². The van der Waals surface area contributed by atoms with Crippen LogP contribution < -0.4 is 10.1 Å². The number of carbonyl (C=O) groups is 1. The topological polar surface area (TPSA) is 47.6 Å². The first kappa shape index (κ1) is 15.5. The molecule has 19 heavy (non-hydrogen) atoms. The zero-order valence-corrected chi connectivity index (χ0v) is 11.9. The lowest BCUT2D eigenvalue weighted by atomic mass is 10.1. The van der Waals surface area contributed by atoms with Gasteiger partial charge in [-0.15, -0.1) is 0 Å². The maximum absolute atomic E-state index is 11.6. The van der Waals surface area contributed by atoms with E-state index in [0.29, 0.717) is 0 Å². The van der Waals surface area contributed by atoms with Crippen LogP contribution in [0, 0.1) is 0 Å². The maximum atomic E-state index is 11.6. The van der Waals surface area contributed by atoms with Crippen LogP contribution in [0.3, 0.4) is 0 Å². The molecule has 0 heterocycles. The van der Waals surface area contributed by atoms with Crippen molar-refractivity contribution in [1.82, 2.24) is 5.32 Å². The van der Waals surface area contributed by atoms with Crippen LogP contribution in [0.5, 0.6) is 5.75 Å². The number of ether oxygens (including phenoxy) is 2. The Morgan fingerprint density at radius 1 is 1.32 bits per heavy atom. The summed E-state index contributed by atoms with van der Waals surface area (Å²) >= 11 is 0. The Morgan fingerprint density at radius 2 is 2.05 bits per heavy atom. The van der Waals surface area contributed by atoms with Crippen LogP contribution in [-0.2, 0) is 16.0 Å². The Kier molecular flexibility index (Phi) is 6.97. The van der Waals surface area contributed by atoms with E-state index >= 15 is 0 Å². The minimum Gasteiger partial charge on any atom is -0.491 e. The summed E-state index contributed by atoms with van der Waals surface area (Å²) in [5, 5.41) is 3.13. The van der Waals surface area contributed by atoms with E-state index in [2.05, 4.69) is 19.2 Å². The summed E-state index contributed by atoms with van der Waals surface area (Å²) in [6.07, 6.45) is 1.86. The lowest BCUT2D eigenvalue weighted by Crippen LogP contribution is -2.42. The van der Waals surface area contributed by atoms with Crippen LogP contribution in [-0.4, -0.2) is 32.3 Å². The highest BCUT2D eigenvalue weighted by atomic mass is 16.5. The van der Waals surface area contributed by atoms with E-state index in [-0.39, 0.29) is 12.6 Å². The average Bonchev–Trinajstić information content (AvgIpc) is 2.47. The second kappa shape index (κ2) is 8.53. The minimum atomic E-state index is -0.421. The number of methoxy groups -OCH3 is 1. The molecule has 0 aromatic heterocycles. The van der Waals surface area contributed by atoms with E-state index in [4.69, 9.17) is 9.47 Å². The summed E-state index contributed by atoms with van der Waals surface area (Å²) in [7, 11) is 1.39. The van der Waals surface area contributed by atoms with Crippen molar-refractivity contribution >= 4 is 5.97 Å². The first-order chi connectivity index (χ1) is 9.22. The molecule has 0 amide bonds. The van der Waals surface area contributed by atoms with E-state index < -0.39 is 6.04 Å². The van der Waals surface area contributed by atoms with Crippen LogP contribution in [0.15, 0.2) is 24.3 Å². The van der Waals surface area contributed by atoms with E-state index in [9.17, 15) is 4.79 Å². The van der Waals surface area contributed by atoms with Crippen LogP contribution in [0.4, 0.5) is 0 Å². The molecule has 106 valence electrons. The minimum absolute atomic E-state index is 0.281. The van der Waals surface area contributed by atoms with Crippen molar-refractivity contribution in [1.29, 1.82) is 0 Å². The van der Waals surface area contributed by atoms with Gasteiger partial charge in [0.15, 0.2) is 0 Å². The second-order valence-electron chi connectivity index (χ2n) is 4.30. The summed E-state index contributed by atoms with van der Waals surface area (Å²) in [6, 6.07) is 7.45. The van der Waals surface area contributed by atoms with Gasteiger partial charge in [0.1, 0.15) is 18.4 Å². The summed E-state index contributed by atoms with van der Waals surface area (Å²) < 4.78 is 10.5. The first-order valence-corrected chi connectivity index (χ1v) is 6.74. The molecule has 0 fully saturated rings. The van der Waals surface area contributed by atoms with Gasteiger partial charge in [-0.25, -0.2) is 0 Å². The summed E-state index contributed by atoms with van der Waals surface area (Å²) in [5.41, 5.74) is 1.14. The number of para-hydroxylation sites is 1. The standard InChI is InChI=1S/C15H23NO3/c1-4-10-16-13(15(17)18-3)11-19-14-9-7-6-8-12(14)5-2/h6-9,13,16H,4-5,10-11H2,1-3H3. The van der Waals surface area contributed by atoms with Crippen LogP contribution in [0.2, 0.25) is 0 Å². The highest BCUT2D eigenvalue weighted by Crippen LogP contribution is 2.18. The van der Waals surface area contributed by atoms with E-state index in [0.717, 1.165) is 30.7 Å². The van der Waals surface area contributed by atoms with Crippen molar-refractivity contribution in [2.24, 2.45) is 0 Å². The van der Waals surface area contributed by atoms with Gasteiger partial charge in [0.2, 0.25) is 0 Å². The zero-order chi connectivity index (χ0) is 14.1. The lowest BCUT2D eigenvalue weighted by Gasteiger charge is -2.18. The van der Waals surface area contributed by atoms with Crippen molar-refractivity contribution in [2.45, 2.75) is 32.7 Å². The smallest absolute Gasteiger partial charge is 0.326 e. The number of aryl methyl sites for hydroxylation is 1. The zero-order valence-electron chi connectivity index (χ0n) is 11.9. The molecule has 1 N–H and O–H groups in total.